The summed E-state index contributed by atoms with van der Waals surface area (Å²) >= 11 is 0. The Bertz CT molecular complexity index is 1010. The first-order chi connectivity index (χ1) is 16.4. The molecule has 1 heterocycles. The quantitative estimate of drug-likeness (QED) is 0.544. The van der Waals surface area contributed by atoms with E-state index in [0.29, 0.717) is 13.2 Å². The van der Waals surface area contributed by atoms with Gasteiger partial charge < -0.3 is 9.64 Å². The molecule has 176 valence electrons. The van der Waals surface area contributed by atoms with Crippen LogP contribution in [0.4, 0.5) is 0 Å². The highest BCUT2D eigenvalue weighted by molar-refractivity contribution is 7.99. The van der Waals surface area contributed by atoms with Crippen molar-refractivity contribution in [3.63, 3.8) is 0 Å². The minimum atomic E-state index is -2.41. The van der Waals surface area contributed by atoms with E-state index in [1.54, 1.807) is 0 Å². The molecule has 0 unspecified atom stereocenters. The van der Waals surface area contributed by atoms with Crippen molar-refractivity contribution in [3.8, 4) is 0 Å². The smallest absolute Gasteiger partial charge is 0.232 e. The highest BCUT2D eigenvalue weighted by Gasteiger charge is 2.51. The molecule has 4 rings (SSSR count). The molecule has 34 heavy (non-hydrogen) atoms. The molecule has 1 aliphatic rings. The van der Waals surface area contributed by atoms with Gasteiger partial charge in [-0.15, -0.1) is 0 Å². The molecule has 1 N–H and O–H groups in total. The zero-order chi connectivity index (χ0) is 24.0. The van der Waals surface area contributed by atoms with E-state index in [0.717, 1.165) is 18.5 Å². The van der Waals surface area contributed by atoms with Crippen LogP contribution in [0.2, 0.25) is 0 Å². The lowest BCUT2D eigenvalue weighted by atomic mass is 9.96. The van der Waals surface area contributed by atoms with E-state index in [4.69, 9.17) is 4.74 Å². The normalized spacial score (nSPS) is 15.1. The summed E-state index contributed by atoms with van der Waals surface area (Å²) in [6, 6.07) is 31.9. The van der Waals surface area contributed by atoms with Gasteiger partial charge in [-0.3, -0.25) is 10.1 Å². The van der Waals surface area contributed by atoms with E-state index in [-0.39, 0.29) is 5.91 Å². The van der Waals surface area contributed by atoms with Gasteiger partial charge in [0.15, 0.2) is 12.7 Å². The zero-order valence-corrected chi connectivity index (χ0v) is 21.2. The number of hydrogen-bond donors (Lipinski definition) is 1. The highest BCUT2D eigenvalue weighted by atomic mass is 31.2. The number of nitrogens with zero attached hydrogens (tertiary/aromatic N) is 1. The second-order valence-electron chi connectivity index (χ2n) is 9.54. The molecule has 1 amide bonds. The van der Waals surface area contributed by atoms with Crippen molar-refractivity contribution in [2.24, 2.45) is 5.41 Å². The number of morpholine rings is 1. The van der Waals surface area contributed by atoms with E-state index in [9.17, 15) is 4.79 Å². The molecular formula is C29H34N2O2P+. The van der Waals surface area contributed by atoms with Crippen molar-refractivity contribution in [1.29, 1.82) is 0 Å². The van der Waals surface area contributed by atoms with Crippen LogP contribution in [-0.4, -0.2) is 37.1 Å². The van der Waals surface area contributed by atoms with E-state index >= 15 is 0 Å². The fraction of sp³-hybridized carbons (Fsp3) is 0.276. The number of ether oxygens (including phenoxy) is 1. The maximum Gasteiger partial charge on any atom is 0.232 e. The predicted molar refractivity (Wildman–Crippen MR) is 143 cm³/mol. The second-order valence-corrected chi connectivity index (χ2v) is 12.9. The van der Waals surface area contributed by atoms with Gasteiger partial charge in [-0.05, 0) is 36.4 Å². The summed E-state index contributed by atoms with van der Waals surface area (Å²) in [5, 5.41) is 7.06. The van der Waals surface area contributed by atoms with Gasteiger partial charge in [-0.1, -0.05) is 75.4 Å². The number of benzene rings is 3. The van der Waals surface area contributed by atoms with Crippen LogP contribution < -0.4 is 21.2 Å². The van der Waals surface area contributed by atoms with Crippen LogP contribution in [0.5, 0.6) is 0 Å². The average molecular weight is 474 g/mol. The Kier molecular flexibility index (Phi) is 7.50. The lowest BCUT2D eigenvalue weighted by Gasteiger charge is -2.33. The largest absolute Gasteiger partial charge is 0.378 e. The Morgan fingerprint density at radius 1 is 0.794 bits per heavy atom. The van der Waals surface area contributed by atoms with Gasteiger partial charge >= 0.3 is 0 Å². The van der Waals surface area contributed by atoms with Gasteiger partial charge in [0.05, 0.1) is 19.4 Å². The van der Waals surface area contributed by atoms with E-state index in [1.165, 1.54) is 15.9 Å². The predicted octanol–water partition coefficient (Wildman–Crippen LogP) is 4.27. The van der Waals surface area contributed by atoms with E-state index in [2.05, 4.69) is 89.2 Å². The number of carbonyl (C=O) groups excluding carboxylic acids is 1. The van der Waals surface area contributed by atoms with Gasteiger partial charge in [-0.2, -0.15) is 0 Å². The summed E-state index contributed by atoms with van der Waals surface area (Å²) in [5.41, 5.74) is 0.432. The van der Waals surface area contributed by atoms with Crippen molar-refractivity contribution in [3.05, 3.63) is 103 Å². The molecule has 5 heteroatoms. The Morgan fingerprint density at radius 2 is 1.21 bits per heavy atom. The van der Waals surface area contributed by atoms with Crippen molar-refractivity contribution >= 4 is 29.1 Å². The van der Waals surface area contributed by atoms with E-state index in [1.807, 2.05) is 39.0 Å². The van der Waals surface area contributed by atoms with Gasteiger partial charge in [0, 0.05) is 18.5 Å². The van der Waals surface area contributed by atoms with Gasteiger partial charge in [-0.25, -0.2) is 0 Å². The standard InChI is InChI=1S/C29H33N2O2P/c1-29(2,3)28(32)30-27(23-31-19-21-33-22-20-31)34(24-13-7-4-8-14-24,25-15-9-5-10-16-25)26-17-11-6-12-18-26/h4-18,23H,19-22H2,1-3H3/p+1/b27-23+. The summed E-state index contributed by atoms with van der Waals surface area (Å²) < 4.78 is 5.61. The first-order valence-electron chi connectivity index (χ1n) is 11.8. The summed E-state index contributed by atoms with van der Waals surface area (Å²) in [7, 11) is -2.41. The number of rotatable bonds is 6. The monoisotopic (exact) mass is 473 g/mol. The highest BCUT2D eigenvalue weighted by Crippen LogP contribution is 2.61. The molecule has 0 radical (unpaired) electrons. The van der Waals surface area contributed by atoms with Crippen LogP contribution in [0, 0.1) is 5.41 Å². The minimum absolute atomic E-state index is 0.0131. The third-order valence-corrected chi connectivity index (χ3v) is 10.2. The van der Waals surface area contributed by atoms with Crippen LogP contribution in [0.3, 0.4) is 0 Å². The molecular weight excluding hydrogens is 439 g/mol. The van der Waals surface area contributed by atoms with Crippen LogP contribution in [0.1, 0.15) is 20.8 Å². The molecule has 3 aromatic rings. The van der Waals surface area contributed by atoms with Crippen LogP contribution in [-0.2, 0) is 9.53 Å². The average Bonchev–Trinajstić information content (AvgIpc) is 2.86. The SMILES string of the molecule is CC(C)(C)C(=O)N/C(=C\N1CCOCC1)[P+](c1ccccc1)(c1ccccc1)c1ccccc1. The fourth-order valence-corrected chi connectivity index (χ4v) is 8.40. The minimum Gasteiger partial charge on any atom is -0.378 e. The van der Waals surface area contributed by atoms with Gasteiger partial charge in [0.1, 0.15) is 15.9 Å². The number of amides is 1. The number of hydrogen-bond acceptors (Lipinski definition) is 3. The molecule has 3 aromatic carbocycles. The molecule has 1 fully saturated rings. The van der Waals surface area contributed by atoms with Crippen LogP contribution in [0.25, 0.3) is 0 Å². The third-order valence-electron chi connectivity index (χ3n) is 6.07. The molecule has 0 aromatic heterocycles. The topological polar surface area (TPSA) is 41.6 Å². The molecule has 0 aliphatic carbocycles. The van der Waals surface area contributed by atoms with Crippen molar-refractivity contribution in [2.75, 3.05) is 26.3 Å². The summed E-state index contributed by atoms with van der Waals surface area (Å²) in [5.74, 6) is 0.0131. The van der Waals surface area contributed by atoms with Crippen molar-refractivity contribution in [2.45, 2.75) is 20.8 Å². The summed E-state index contributed by atoms with van der Waals surface area (Å²) in [6.45, 7) is 8.85. The van der Waals surface area contributed by atoms with Gasteiger partial charge in [0.25, 0.3) is 0 Å². The Hall–Kier alpha value is -2.94. The lowest BCUT2D eigenvalue weighted by molar-refractivity contribution is -0.127. The van der Waals surface area contributed by atoms with Crippen molar-refractivity contribution < 1.29 is 9.53 Å². The second kappa shape index (κ2) is 10.5. The Labute approximate surface area is 204 Å². The Balaban J connectivity index is 2.03. The first-order valence-corrected chi connectivity index (χ1v) is 13.6. The Morgan fingerprint density at radius 3 is 1.59 bits per heavy atom. The molecule has 0 spiro atoms. The first kappa shape index (κ1) is 24.2. The molecule has 4 nitrogen and oxygen atoms in total. The number of carbonyl (C=O) groups is 1. The third kappa shape index (κ3) is 5.09. The fourth-order valence-electron chi connectivity index (χ4n) is 4.21. The van der Waals surface area contributed by atoms with Gasteiger partial charge in [0.2, 0.25) is 5.91 Å². The lowest BCUT2D eigenvalue weighted by Crippen LogP contribution is -2.43. The maximum absolute atomic E-state index is 13.5. The van der Waals surface area contributed by atoms with Crippen LogP contribution in [0.15, 0.2) is 103 Å². The maximum atomic E-state index is 13.5. The molecule has 1 saturated heterocycles. The molecule has 0 bridgehead atoms. The van der Waals surface area contributed by atoms with E-state index < -0.39 is 12.7 Å². The zero-order valence-electron chi connectivity index (χ0n) is 20.3. The molecule has 0 atom stereocenters. The number of nitrogens with one attached hydrogen (secondary N) is 1. The molecule has 0 saturated carbocycles. The summed E-state index contributed by atoms with van der Waals surface area (Å²) in [4.78, 5) is 15.8. The molecule has 1 aliphatic heterocycles. The van der Waals surface area contributed by atoms with Crippen molar-refractivity contribution in [1.82, 2.24) is 10.2 Å². The summed E-state index contributed by atoms with van der Waals surface area (Å²) in [6.07, 6.45) is 2.19. The van der Waals surface area contributed by atoms with Crippen LogP contribution >= 0.6 is 7.26 Å².